The van der Waals surface area contributed by atoms with Gasteiger partial charge in [0.25, 0.3) is 5.91 Å². The van der Waals surface area contributed by atoms with E-state index in [0.717, 1.165) is 5.56 Å². The molecule has 29 heavy (non-hydrogen) atoms. The number of hydrogen-bond acceptors (Lipinski definition) is 6. The Hall–Kier alpha value is -2.87. The van der Waals surface area contributed by atoms with Crippen molar-refractivity contribution in [1.82, 2.24) is 0 Å². The smallest absolute Gasteiger partial charge is 0.306 e. The van der Waals surface area contributed by atoms with Crippen molar-refractivity contribution >= 4 is 27.4 Å². The third-order valence-corrected chi connectivity index (χ3v) is 6.37. The summed E-state index contributed by atoms with van der Waals surface area (Å²) < 4.78 is 33.4. The summed E-state index contributed by atoms with van der Waals surface area (Å²) in [5, 5.41) is 2.64. The van der Waals surface area contributed by atoms with Crippen LogP contribution >= 0.6 is 0 Å². The van der Waals surface area contributed by atoms with Gasteiger partial charge in [0, 0.05) is 12.1 Å². The standard InChI is InChI=1S/C21H23NO6S/c23-20(14-28-21(24)12-17-10-11-29(25,26)15-17)22-18-6-8-19(9-7-18)27-13-16-4-2-1-3-5-16/h1-9,17H,10-15H2,(H,22,23)/t17-/m1/s1. The Morgan fingerprint density at radius 2 is 1.76 bits per heavy atom. The van der Waals surface area contributed by atoms with Crippen LogP contribution in [0.5, 0.6) is 5.75 Å². The zero-order valence-corrected chi connectivity index (χ0v) is 16.7. The summed E-state index contributed by atoms with van der Waals surface area (Å²) in [6.07, 6.45) is 0.474. The average Bonchev–Trinajstić information content (AvgIpc) is 3.05. The number of amides is 1. The molecule has 1 N–H and O–H groups in total. The molecular weight excluding hydrogens is 394 g/mol. The highest BCUT2D eigenvalue weighted by Crippen LogP contribution is 2.22. The molecule has 0 aromatic heterocycles. The molecule has 0 radical (unpaired) electrons. The average molecular weight is 417 g/mol. The maximum atomic E-state index is 11.9. The molecule has 0 aliphatic carbocycles. The van der Waals surface area contributed by atoms with Gasteiger partial charge in [-0.15, -0.1) is 0 Å². The molecule has 8 heteroatoms. The van der Waals surface area contributed by atoms with E-state index in [2.05, 4.69) is 5.32 Å². The zero-order valence-electron chi connectivity index (χ0n) is 15.9. The number of esters is 1. The topological polar surface area (TPSA) is 98.8 Å². The predicted molar refractivity (Wildman–Crippen MR) is 108 cm³/mol. The van der Waals surface area contributed by atoms with Gasteiger partial charge in [0.15, 0.2) is 16.4 Å². The molecule has 1 heterocycles. The fraction of sp³-hybridized carbons (Fsp3) is 0.333. The van der Waals surface area contributed by atoms with Gasteiger partial charge >= 0.3 is 5.97 Å². The molecular formula is C21H23NO6S. The number of ether oxygens (including phenoxy) is 2. The molecule has 1 aliphatic rings. The molecule has 0 bridgehead atoms. The van der Waals surface area contributed by atoms with Gasteiger partial charge in [0.05, 0.1) is 11.5 Å². The minimum absolute atomic E-state index is 0.00693. The Labute approximate surface area is 169 Å². The molecule has 154 valence electrons. The summed E-state index contributed by atoms with van der Waals surface area (Å²) in [4.78, 5) is 23.7. The highest BCUT2D eigenvalue weighted by atomic mass is 32.2. The van der Waals surface area contributed by atoms with Crippen LogP contribution in [0.15, 0.2) is 54.6 Å². The van der Waals surface area contributed by atoms with Crippen LogP contribution in [0.25, 0.3) is 0 Å². The van der Waals surface area contributed by atoms with E-state index in [-0.39, 0.29) is 23.8 Å². The van der Waals surface area contributed by atoms with Crippen molar-refractivity contribution in [2.45, 2.75) is 19.4 Å². The van der Waals surface area contributed by atoms with E-state index in [9.17, 15) is 18.0 Å². The van der Waals surface area contributed by atoms with E-state index in [1.807, 2.05) is 30.3 Å². The summed E-state index contributed by atoms with van der Waals surface area (Å²) in [6, 6.07) is 16.7. The van der Waals surface area contributed by atoms with Crippen LogP contribution in [-0.4, -0.2) is 38.4 Å². The fourth-order valence-electron chi connectivity index (χ4n) is 3.05. The number of sulfone groups is 1. The van der Waals surface area contributed by atoms with E-state index >= 15 is 0 Å². The number of carbonyl (C=O) groups excluding carboxylic acids is 2. The minimum atomic E-state index is -3.03. The van der Waals surface area contributed by atoms with Crippen molar-refractivity contribution in [3.05, 3.63) is 60.2 Å². The van der Waals surface area contributed by atoms with Gasteiger partial charge in [-0.3, -0.25) is 9.59 Å². The van der Waals surface area contributed by atoms with Gasteiger partial charge < -0.3 is 14.8 Å². The van der Waals surface area contributed by atoms with E-state index in [1.54, 1.807) is 24.3 Å². The highest BCUT2D eigenvalue weighted by Gasteiger charge is 2.29. The van der Waals surface area contributed by atoms with Gasteiger partial charge in [-0.2, -0.15) is 0 Å². The number of hydrogen-bond donors (Lipinski definition) is 1. The second-order valence-electron chi connectivity index (χ2n) is 6.98. The summed E-state index contributed by atoms with van der Waals surface area (Å²) in [7, 11) is -3.03. The number of nitrogens with one attached hydrogen (secondary N) is 1. The third-order valence-electron chi connectivity index (χ3n) is 4.53. The zero-order chi connectivity index (χ0) is 20.7. The van der Waals surface area contributed by atoms with E-state index in [1.165, 1.54) is 0 Å². The first kappa shape index (κ1) is 20.9. The van der Waals surface area contributed by atoms with Gasteiger partial charge in [0.1, 0.15) is 12.4 Å². The lowest BCUT2D eigenvalue weighted by atomic mass is 10.1. The SMILES string of the molecule is O=C(COC(=O)C[C@H]1CCS(=O)(=O)C1)Nc1ccc(OCc2ccccc2)cc1. The molecule has 2 aromatic carbocycles. The quantitative estimate of drug-likeness (QED) is 0.663. The van der Waals surface area contributed by atoms with Crippen molar-refractivity contribution in [1.29, 1.82) is 0 Å². The summed E-state index contributed by atoms with van der Waals surface area (Å²) >= 11 is 0. The van der Waals surface area contributed by atoms with Crippen molar-refractivity contribution in [2.24, 2.45) is 5.92 Å². The number of anilines is 1. The van der Waals surface area contributed by atoms with Crippen LogP contribution < -0.4 is 10.1 Å². The van der Waals surface area contributed by atoms with E-state index in [4.69, 9.17) is 9.47 Å². The molecule has 1 aliphatic heterocycles. The fourth-order valence-corrected chi connectivity index (χ4v) is 4.91. The van der Waals surface area contributed by atoms with E-state index in [0.29, 0.717) is 24.5 Å². The Morgan fingerprint density at radius 1 is 1.03 bits per heavy atom. The molecule has 3 rings (SSSR count). The van der Waals surface area contributed by atoms with Crippen molar-refractivity contribution in [2.75, 3.05) is 23.4 Å². The lowest BCUT2D eigenvalue weighted by Gasteiger charge is -2.10. The largest absolute Gasteiger partial charge is 0.489 e. The monoisotopic (exact) mass is 417 g/mol. The first-order chi connectivity index (χ1) is 13.9. The van der Waals surface area contributed by atoms with Gasteiger partial charge in [-0.05, 0) is 42.2 Å². The Bertz CT molecular complexity index is 941. The van der Waals surface area contributed by atoms with Gasteiger partial charge in [0.2, 0.25) is 0 Å². The molecule has 0 unspecified atom stereocenters. The molecule has 1 atom stereocenters. The predicted octanol–water partition coefficient (Wildman–Crippen LogP) is 2.57. The number of carbonyl (C=O) groups is 2. The number of benzene rings is 2. The van der Waals surface area contributed by atoms with Gasteiger partial charge in [-0.25, -0.2) is 8.42 Å². The van der Waals surface area contributed by atoms with Crippen molar-refractivity contribution < 1.29 is 27.5 Å². The Balaban J connectivity index is 1.38. The second kappa shape index (κ2) is 9.56. The lowest BCUT2D eigenvalue weighted by molar-refractivity contribution is -0.148. The van der Waals surface area contributed by atoms with Crippen LogP contribution in [0.2, 0.25) is 0 Å². The maximum absolute atomic E-state index is 11.9. The van der Waals surface area contributed by atoms with Crippen molar-refractivity contribution in [3.63, 3.8) is 0 Å². The molecule has 1 saturated heterocycles. The molecule has 7 nitrogen and oxygen atoms in total. The Kier molecular flexibility index (Phi) is 6.87. The summed E-state index contributed by atoms with van der Waals surface area (Å²) in [6.45, 7) is 0.0371. The molecule has 1 fully saturated rings. The van der Waals surface area contributed by atoms with Crippen LogP contribution in [0.1, 0.15) is 18.4 Å². The van der Waals surface area contributed by atoms with Crippen molar-refractivity contribution in [3.8, 4) is 5.75 Å². The summed E-state index contributed by atoms with van der Waals surface area (Å²) in [5.74, 6) is -0.463. The van der Waals surface area contributed by atoms with Crippen LogP contribution in [0.3, 0.4) is 0 Å². The first-order valence-electron chi connectivity index (χ1n) is 9.32. The maximum Gasteiger partial charge on any atom is 0.306 e. The van der Waals surface area contributed by atoms with Crippen LogP contribution in [-0.2, 0) is 30.8 Å². The lowest BCUT2D eigenvalue weighted by Crippen LogP contribution is -2.22. The molecule has 2 aromatic rings. The number of rotatable bonds is 8. The van der Waals surface area contributed by atoms with Gasteiger partial charge in [-0.1, -0.05) is 30.3 Å². The first-order valence-corrected chi connectivity index (χ1v) is 11.1. The van der Waals surface area contributed by atoms with Crippen LogP contribution in [0, 0.1) is 5.92 Å². The minimum Gasteiger partial charge on any atom is -0.489 e. The highest BCUT2D eigenvalue weighted by molar-refractivity contribution is 7.91. The molecule has 0 saturated carbocycles. The van der Waals surface area contributed by atoms with E-state index < -0.39 is 28.3 Å². The second-order valence-corrected chi connectivity index (χ2v) is 9.21. The molecule has 0 spiro atoms. The Morgan fingerprint density at radius 3 is 2.41 bits per heavy atom. The summed E-state index contributed by atoms with van der Waals surface area (Å²) in [5.41, 5.74) is 1.61. The third kappa shape index (κ3) is 6.90. The molecule has 1 amide bonds. The normalized spacial score (nSPS) is 17.4. The van der Waals surface area contributed by atoms with Crippen LogP contribution in [0.4, 0.5) is 5.69 Å².